The zero-order valence-corrected chi connectivity index (χ0v) is 14.9. The summed E-state index contributed by atoms with van der Waals surface area (Å²) in [7, 11) is 0. The first-order chi connectivity index (χ1) is 11.9. The molecule has 0 radical (unpaired) electrons. The standard InChI is InChI=1S/C19H20ClFN2O2/c1-3-14-4-7-16(8-5-14)23(13(2)24)11-10-19(25)22-15-6-9-18(21)17(20)12-15/h4-9,12H,3,10-11H2,1-2H3,(H,22,25). The van der Waals surface area contributed by atoms with Crippen molar-refractivity contribution in [3.05, 3.63) is 58.9 Å². The highest BCUT2D eigenvalue weighted by Crippen LogP contribution is 2.20. The van der Waals surface area contributed by atoms with Gasteiger partial charge in [-0.25, -0.2) is 4.39 Å². The van der Waals surface area contributed by atoms with E-state index >= 15 is 0 Å². The maximum Gasteiger partial charge on any atom is 0.226 e. The molecule has 2 amide bonds. The van der Waals surface area contributed by atoms with Crippen molar-refractivity contribution in [3.63, 3.8) is 0 Å². The fourth-order valence-electron chi connectivity index (χ4n) is 2.39. The van der Waals surface area contributed by atoms with E-state index < -0.39 is 5.82 Å². The molecule has 0 unspecified atom stereocenters. The van der Waals surface area contributed by atoms with Crippen LogP contribution in [0.1, 0.15) is 25.8 Å². The SMILES string of the molecule is CCc1ccc(N(CCC(=O)Nc2ccc(F)c(Cl)c2)C(C)=O)cc1. The van der Waals surface area contributed by atoms with Crippen LogP contribution in [0.4, 0.5) is 15.8 Å². The van der Waals surface area contributed by atoms with Crippen LogP contribution >= 0.6 is 11.6 Å². The first-order valence-corrected chi connectivity index (χ1v) is 8.40. The normalized spacial score (nSPS) is 10.4. The Morgan fingerprint density at radius 1 is 1.16 bits per heavy atom. The van der Waals surface area contributed by atoms with Crippen LogP contribution in [0.5, 0.6) is 0 Å². The number of hydrogen-bond acceptors (Lipinski definition) is 2. The number of halogens is 2. The van der Waals surface area contributed by atoms with Gasteiger partial charge in [-0.1, -0.05) is 30.7 Å². The third-order valence-electron chi connectivity index (χ3n) is 3.80. The molecule has 132 valence electrons. The Balaban J connectivity index is 1.98. The van der Waals surface area contributed by atoms with Crippen LogP contribution < -0.4 is 10.2 Å². The van der Waals surface area contributed by atoms with Gasteiger partial charge >= 0.3 is 0 Å². The van der Waals surface area contributed by atoms with Gasteiger partial charge in [0.2, 0.25) is 11.8 Å². The summed E-state index contributed by atoms with van der Waals surface area (Å²) in [5, 5.41) is 2.59. The Kier molecular flexibility index (Phi) is 6.53. The van der Waals surface area contributed by atoms with Gasteiger partial charge in [0.05, 0.1) is 5.02 Å². The smallest absolute Gasteiger partial charge is 0.226 e. The molecular weight excluding hydrogens is 343 g/mol. The molecule has 2 aromatic carbocycles. The molecule has 2 aromatic rings. The summed E-state index contributed by atoms with van der Waals surface area (Å²) in [5.74, 6) is -0.959. The molecule has 25 heavy (non-hydrogen) atoms. The van der Waals surface area contributed by atoms with Crippen molar-refractivity contribution in [1.29, 1.82) is 0 Å². The van der Waals surface area contributed by atoms with Gasteiger partial charge in [0.25, 0.3) is 0 Å². The molecule has 1 N–H and O–H groups in total. The molecule has 0 bridgehead atoms. The maximum absolute atomic E-state index is 13.1. The number of amides is 2. The Morgan fingerprint density at radius 2 is 1.84 bits per heavy atom. The number of carbonyl (C=O) groups excluding carboxylic acids is 2. The summed E-state index contributed by atoms with van der Waals surface area (Å²) in [4.78, 5) is 25.5. The lowest BCUT2D eigenvalue weighted by molar-refractivity contribution is -0.117. The van der Waals surface area contributed by atoms with Crippen LogP contribution in [-0.4, -0.2) is 18.4 Å². The van der Waals surface area contributed by atoms with Crippen molar-refractivity contribution in [1.82, 2.24) is 0 Å². The van der Waals surface area contributed by atoms with Crippen LogP contribution in [0.2, 0.25) is 5.02 Å². The molecular formula is C19H20ClFN2O2. The lowest BCUT2D eigenvalue weighted by Crippen LogP contribution is -2.31. The number of rotatable bonds is 6. The second-order valence-corrected chi connectivity index (χ2v) is 6.02. The molecule has 0 spiro atoms. The zero-order valence-electron chi connectivity index (χ0n) is 14.2. The van der Waals surface area contributed by atoms with E-state index in [1.54, 1.807) is 4.90 Å². The molecule has 0 aromatic heterocycles. The highest BCUT2D eigenvalue weighted by Gasteiger charge is 2.14. The van der Waals surface area contributed by atoms with Crippen molar-refractivity contribution < 1.29 is 14.0 Å². The quantitative estimate of drug-likeness (QED) is 0.826. The summed E-state index contributed by atoms with van der Waals surface area (Å²) in [5.41, 5.74) is 2.35. The molecule has 0 heterocycles. The second kappa shape index (κ2) is 8.62. The topological polar surface area (TPSA) is 49.4 Å². The molecule has 0 saturated carbocycles. The van der Waals surface area contributed by atoms with E-state index in [2.05, 4.69) is 12.2 Å². The number of aryl methyl sites for hydroxylation is 1. The van der Waals surface area contributed by atoms with Crippen LogP contribution in [0.25, 0.3) is 0 Å². The summed E-state index contributed by atoms with van der Waals surface area (Å²) in [6.07, 6.45) is 1.03. The van der Waals surface area contributed by atoms with Crippen molar-refractivity contribution in [2.75, 3.05) is 16.8 Å². The molecule has 2 rings (SSSR count). The van der Waals surface area contributed by atoms with Crippen molar-refractivity contribution >= 4 is 34.8 Å². The van der Waals surface area contributed by atoms with Gasteiger partial charge < -0.3 is 10.2 Å². The van der Waals surface area contributed by atoms with Crippen LogP contribution in [-0.2, 0) is 16.0 Å². The third-order valence-corrected chi connectivity index (χ3v) is 4.09. The van der Waals surface area contributed by atoms with E-state index in [4.69, 9.17) is 11.6 Å². The third kappa shape index (κ3) is 5.29. The molecule has 0 atom stereocenters. The lowest BCUT2D eigenvalue weighted by Gasteiger charge is -2.21. The fourth-order valence-corrected chi connectivity index (χ4v) is 2.57. The van der Waals surface area contributed by atoms with E-state index in [0.29, 0.717) is 5.69 Å². The molecule has 0 fully saturated rings. The van der Waals surface area contributed by atoms with Gasteiger partial charge in [0.15, 0.2) is 0 Å². The summed E-state index contributed by atoms with van der Waals surface area (Å²) >= 11 is 5.69. The molecule has 6 heteroatoms. The molecule has 0 aliphatic carbocycles. The summed E-state index contributed by atoms with van der Waals surface area (Å²) in [6, 6.07) is 11.6. The van der Waals surface area contributed by atoms with E-state index in [1.165, 1.54) is 30.7 Å². The minimum Gasteiger partial charge on any atom is -0.326 e. The number of benzene rings is 2. The van der Waals surface area contributed by atoms with Gasteiger partial charge in [-0.3, -0.25) is 9.59 Å². The number of carbonyl (C=O) groups is 2. The van der Waals surface area contributed by atoms with Gasteiger partial charge in [0.1, 0.15) is 5.82 Å². The second-order valence-electron chi connectivity index (χ2n) is 5.62. The van der Waals surface area contributed by atoms with E-state index in [1.807, 2.05) is 24.3 Å². The van der Waals surface area contributed by atoms with Crippen LogP contribution in [0, 0.1) is 5.82 Å². The lowest BCUT2D eigenvalue weighted by atomic mass is 10.1. The first-order valence-electron chi connectivity index (χ1n) is 8.02. The van der Waals surface area contributed by atoms with Gasteiger partial charge in [0, 0.05) is 31.3 Å². The number of nitrogens with zero attached hydrogens (tertiary/aromatic N) is 1. The average Bonchev–Trinajstić information content (AvgIpc) is 2.58. The number of anilines is 2. The minimum absolute atomic E-state index is 0.0563. The van der Waals surface area contributed by atoms with Crippen molar-refractivity contribution in [2.24, 2.45) is 0 Å². The van der Waals surface area contributed by atoms with E-state index in [9.17, 15) is 14.0 Å². The van der Waals surface area contributed by atoms with Crippen LogP contribution in [0.3, 0.4) is 0 Å². The van der Waals surface area contributed by atoms with Gasteiger partial charge in [-0.05, 0) is 42.3 Å². The summed E-state index contributed by atoms with van der Waals surface area (Å²) in [6.45, 7) is 3.77. The Labute approximate surface area is 151 Å². The average molecular weight is 363 g/mol. The molecule has 0 aliphatic heterocycles. The highest BCUT2D eigenvalue weighted by atomic mass is 35.5. The van der Waals surface area contributed by atoms with Crippen molar-refractivity contribution in [3.8, 4) is 0 Å². The van der Waals surface area contributed by atoms with Gasteiger partial charge in [-0.15, -0.1) is 0 Å². The summed E-state index contributed by atoms with van der Waals surface area (Å²) < 4.78 is 13.1. The number of hydrogen-bond donors (Lipinski definition) is 1. The maximum atomic E-state index is 13.1. The van der Waals surface area contributed by atoms with Crippen molar-refractivity contribution in [2.45, 2.75) is 26.7 Å². The first kappa shape index (κ1) is 18.9. The zero-order chi connectivity index (χ0) is 18.4. The Bertz CT molecular complexity index is 763. The molecule has 0 aliphatic rings. The molecule has 0 saturated heterocycles. The van der Waals surface area contributed by atoms with E-state index in [0.717, 1.165) is 12.1 Å². The Morgan fingerprint density at radius 3 is 2.40 bits per heavy atom. The minimum atomic E-state index is -0.544. The largest absolute Gasteiger partial charge is 0.326 e. The molecule has 4 nitrogen and oxygen atoms in total. The monoisotopic (exact) mass is 362 g/mol. The highest BCUT2D eigenvalue weighted by molar-refractivity contribution is 6.31. The predicted molar refractivity (Wildman–Crippen MR) is 98.5 cm³/mol. The number of nitrogens with one attached hydrogen (secondary N) is 1. The predicted octanol–water partition coefficient (Wildman–Crippen LogP) is 4.42. The van der Waals surface area contributed by atoms with Crippen LogP contribution in [0.15, 0.2) is 42.5 Å². The Hall–Kier alpha value is -2.40. The van der Waals surface area contributed by atoms with E-state index in [-0.39, 0.29) is 29.8 Å². The fraction of sp³-hybridized carbons (Fsp3) is 0.263. The van der Waals surface area contributed by atoms with Gasteiger partial charge in [-0.2, -0.15) is 0 Å².